The van der Waals surface area contributed by atoms with Crippen LogP contribution in [0.25, 0.3) is 22.2 Å². The molecule has 0 unspecified atom stereocenters. The number of amides is 1. The molecule has 0 aliphatic rings. The Morgan fingerprint density at radius 2 is 1.64 bits per heavy atom. The number of hydrogen-bond donors (Lipinski definition) is 2. The molecule has 0 bridgehead atoms. The van der Waals surface area contributed by atoms with Crippen LogP contribution in [0.5, 0.6) is 5.75 Å². The molecule has 3 aromatic carbocycles. The molecule has 0 atom stereocenters. The zero-order chi connectivity index (χ0) is 23.2. The van der Waals surface area contributed by atoms with Gasteiger partial charge in [0.15, 0.2) is 6.61 Å². The number of carbonyl (C=O) groups is 2. The minimum absolute atomic E-state index is 0.109. The van der Waals surface area contributed by atoms with Gasteiger partial charge in [-0.1, -0.05) is 48.5 Å². The average molecular weight is 443 g/mol. The summed E-state index contributed by atoms with van der Waals surface area (Å²) in [4.78, 5) is 25.4. The molecule has 1 heterocycles. The van der Waals surface area contributed by atoms with Gasteiger partial charge in [0.25, 0.3) is 5.91 Å². The number of aromatic nitrogens is 1. The van der Waals surface area contributed by atoms with Crippen LogP contribution in [0.2, 0.25) is 0 Å². The maximum atomic E-state index is 13.4. The maximum absolute atomic E-state index is 13.4. The number of nitrogens with one attached hydrogen (secondary N) is 1. The maximum Gasteiger partial charge on any atom is 0.251 e. The number of aliphatic hydroxyl groups excluding tert-OH is 1. The monoisotopic (exact) mass is 442 g/mol. The van der Waals surface area contributed by atoms with E-state index >= 15 is 0 Å². The second-order valence-electron chi connectivity index (χ2n) is 7.57. The molecular formula is C27H26N2O4. The van der Waals surface area contributed by atoms with Crippen LogP contribution >= 0.6 is 0 Å². The van der Waals surface area contributed by atoms with Gasteiger partial charge in [-0.25, -0.2) is 0 Å². The highest BCUT2D eigenvalue weighted by molar-refractivity contribution is 6.14. The molecule has 2 N–H and O–H groups in total. The van der Waals surface area contributed by atoms with Gasteiger partial charge in [0.2, 0.25) is 5.78 Å². The molecule has 0 spiro atoms. The molecule has 0 saturated carbocycles. The molecule has 1 aromatic heterocycles. The van der Waals surface area contributed by atoms with Crippen LogP contribution in [0, 0.1) is 0 Å². The van der Waals surface area contributed by atoms with Gasteiger partial charge in [-0.15, -0.1) is 0 Å². The van der Waals surface area contributed by atoms with Gasteiger partial charge in [0, 0.05) is 29.6 Å². The summed E-state index contributed by atoms with van der Waals surface area (Å²) in [5.74, 6) is 0.121. The van der Waals surface area contributed by atoms with Crippen molar-refractivity contribution >= 4 is 22.6 Å². The summed E-state index contributed by atoms with van der Waals surface area (Å²) in [5.41, 5.74) is 4.00. The molecule has 33 heavy (non-hydrogen) atoms. The molecular weight excluding hydrogens is 416 g/mol. The van der Waals surface area contributed by atoms with Crippen molar-refractivity contribution in [2.24, 2.45) is 0 Å². The highest BCUT2D eigenvalue weighted by Gasteiger charge is 2.23. The van der Waals surface area contributed by atoms with Crippen LogP contribution < -0.4 is 10.1 Å². The molecule has 168 valence electrons. The Balaban J connectivity index is 1.61. The first-order valence-corrected chi connectivity index (χ1v) is 11.0. The summed E-state index contributed by atoms with van der Waals surface area (Å²) in [5, 5.41) is 12.3. The summed E-state index contributed by atoms with van der Waals surface area (Å²) >= 11 is 0. The third-order valence-electron chi connectivity index (χ3n) is 5.50. The van der Waals surface area contributed by atoms with Gasteiger partial charge < -0.3 is 19.7 Å². The zero-order valence-corrected chi connectivity index (χ0v) is 18.5. The second kappa shape index (κ2) is 10.1. The van der Waals surface area contributed by atoms with Crippen LogP contribution in [-0.2, 0) is 6.54 Å². The lowest BCUT2D eigenvalue weighted by atomic mass is 10.0. The third-order valence-corrected chi connectivity index (χ3v) is 5.50. The Morgan fingerprint density at radius 1 is 0.939 bits per heavy atom. The van der Waals surface area contributed by atoms with Crippen molar-refractivity contribution in [2.75, 3.05) is 19.8 Å². The Bertz CT molecular complexity index is 1260. The van der Waals surface area contributed by atoms with Gasteiger partial charge in [0.1, 0.15) is 5.75 Å². The van der Waals surface area contributed by atoms with Crippen molar-refractivity contribution in [3.8, 4) is 17.0 Å². The first kappa shape index (κ1) is 22.3. The van der Waals surface area contributed by atoms with E-state index < -0.39 is 0 Å². The number of benzene rings is 3. The lowest BCUT2D eigenvalue weighted by molar-refractivity contribution is 0.0919. The van der Waals surface area contributed by atoms with Crippen molar-refractivity contribution in [1.29, 1.82) is 0 Å². The summed E-state index contributed by atoms with van der Waals surface area (Å²) in [6, 6.07) is 24.4. The van der Waals surface area contributed by atoms with E-state index in [0.717, 1.165) is 28.7 Å². The highest BCUT2D eigenvalue weighted by atomic mass is 16.5. The third kappa shape index (κ3) is 4.66. The van der Waals surface area contributed by atoms with E-state index in [2.05, 4.69) is 16.8 Å². The van der Waals surface area contributed by atoms with Gasteiger partial charge in [0.05, 0.1) is 17.9 Å². The number of ketones is 1. The normalized spacial score (nSPS) is 10.8. The largest absolute Gasteiger partial charge is 0.485 e. The van der Waals surface area contributed by atoms with E-state index in [1.54, 1.807) is 24.3 Å². The summed E-state index contributed by atoms with van der Waals surface area (Å²) in [6.45, 7) is 2.77. The first-order chi connectivity index (χ1) is 16.1. The Kier molecular flexibility index (Phi) is 6.86. The number of aryl methyl sites for hydroxylation is 1. The van der Waals surface area contributed by atoms with E-state index in [1.165, 1.54) is 0 Å². The molecule has 4 aromatic rings. The Labute approximate surface area is 192 Å². The zero-order valence-electron chi connectivity index (χ0n) is 18.5. The van der Waals surface area contributed by atoms with Crippen molar-refractivity contribution < 1.29 is 19.4 Å². The van der Waals surface area contributed by atoms with Gasteiger partial charge in [-0.3, -0.25) is 9.59 Å². The molecule has 0 radical (unpaired) electrons. The van der Waals surface area contributed by atoms with Crippen molar-refractivity contribution in [2.45, 2.75) is 13.5 Å². The number of hydrogen-bond acceptors (Lipinski definition) is 4. The predicted molar refractivity (Wildman–Crippen MR) is 129 cm³/mol. The Hall–Kier alpha value is -3.90. The summed E-state index contributed by atoms with van der Waals surface area (Å²) < 4.78 is 7.95. The quantitative estimate of drug-likeness (QED) is 0.379. The highest BCUT2D eigenvalue weighted by Crippen LogP contribution is 2.34. The standard InChI is InChI=1S/C27H26N2O4/c1-2-29-23-11-7-6-10-22(23)25(26(29)19-8-4-3-5-9-19)24(31)18-33-21-14-12-20(13-15-21)27(32)28-16-17-30/h3-15,30H,2,16-18H2,1H3,(H,28,32). The lowest BCUT2D eigenvalue weighted by Crippen LogP contribution is -2.26. The van der Waals surface area contributed by atoms with Crippen LogP contribution in [0.3, 0.4) is 0 Å². The summed E-state index contributed by atoms with van der Waals surface area (Å²) in [7, 11) is 0. The minimum Gasteiger partial charge on any atom is -0.485 e. The first-order valence-electron chi connectivity index (χ1n) is 11.0. The van der Waals surface area contributed by atoms with Gasteiger partial charge in [-0.05, 0) is 42.8 Å². The van der Waals surface area contributed by atoms with E-state index in [1.807, 2.05) is 54.6 Å². The van der Waals surface area contributed by atoms with Crippen molar-refractivity contribution in [1.82, 2.24) is 9.88 Å². The van der Waals surface area contributed by atoms with Gasteiger partial charge >= 0.3 is 0 Å². The molecule has 0 fully saturated rings. The number of rotatable bonds is 9. The van der Waals surface area contributed by atoms with E-state index in [0.29, 0.717) is 16.9 Å². The topological polar surface area (TPSA) is 80.6 Å². The SMILES string of the molecule is CCn1c(-c2ccccc2)c(C(=O)COc2ccc(C(=O)NCCO)cc2)c2ccccc21. The van der Waals surface area contributed by atoms with Crippen LogP contribution in [-0.4, -0.2) is 41.1 Å². The molecule has 0 aliphatic heterocycles. The fourth-order valence-electron chi connectivity index (χ4n) is 4.01. The number of fused-ring (bicyclic) bond motifs is 1. The van der Waals surface area contributed by atoms with Crippen molar-refractivity contribution in [3.05, 3.63) is 90.0 Å². The molecule has 4 rings (SSSR count). The second-order valence-corrected chi connectivity index (χ2v) is 7.57. The fraction of sp³-hybridized carbons (Fsp3) is 0.185. The van der Waals surface area contributed by atoms with E-state index in [-0.39, 0.29) is 31.4 Å². The smallest absolute Gasteiger partial charge is 0.251 e. The molecule has 6 heteroatoms. The fourth-order valence-corrected chi connectivity index (χ4v) is 4.01. The van der Waals surface area contributed by atoms with Crippen LogP contribution in [0.15, 0.2) is 78.9 Å². The molecule has 1 amide bonds. The van der Waals surface area contributed by atoms with Gasteiger partial charge in [-0.2, -0.15) is 0 Å². The number of aliphatic hydroxyl groups is 1. The van der Waals surface area contributed by atoms with Crippen LogP contribution in [0.1, 0.15) is 27.6 Å². The molecule has 6 nitrogen and oxygen atoms in total. The Morgan fingerprint density at radius 3 is 2.33 bits per heavy atom. The molecule has 0 saturated heterocycles. The van der Waals surface area contributed by atoms with Crippen molar-refractivity contribution in [3.63, 3.8) is 0 Å². The number of Topliss-reactive ketones (excluding diaryl/α,β-unsaturated/α-hetero) is 1. The minimum atomic E-state index is -0.272. The number of para-hydroxylation sites is 1. The predicted octanol–water partition coefficient (Wildman–Crippen LogP) is 4.31. The number of carbonyl (C=O) groups excluding carboxylic acids is 2. The van der Waals surface area contributed by atoms with Crippen LogP contribution in [0.4, 0.5) is 0 Å². The lowest BCUT2D eigenvalue weighted by Gasteiger charge is -2.11. The molecule has 0 aliphatic carbocycles. The number of ether oxygens (including phenoxy) is 1. The number of nitrogens with zero attached hydrogens (tertiary/aromatic N) is 1. The van der Waals surface area contributed by atoms with E-state index in [4.69, 9.17) is 9.84 Å². The average Bonchev–Trinajstić information content (AvgIpc) is 3.21. The summed E-state index contributed by atoms with van der Waals surface area (Å²) in [6.07, 6.45) is 0. The van der Waals surface area contributed by atoms with E-state index in [9.17, 15) is 9.59 Å².